The van der Waals surface area contributed by atoms with Crippen molar-refractivity contribution in [1.29, 1.82) is 5.41 Å². The van der Waals surface area contributed by atoms with Crippen molar-refractivity contribution in [1.82, 2.24) is 10.2 Å². The predicted octanol–water partition coefficient (Wildman–Crippen LogP) is 3.36. The number of benzene rings is 2. The van der Waals surface area contributed by atoms with E-state index in [1.807, 2.05) is 24.3 Å². The number of carbonyl (C=O) groups is 1. The number of aliphatic hydroxyl groups is 1. The SMILES string of the molecule is CCc1cccc(N2CCN(CC(O)CCNC(=O)C3=Cc4ccccc4C3=N)CC2)c1Cl. The molecular weight excluding hydrogens is 436 g/mol. The molecule has 1 aliphatic heterocycles. The van der Waals surface area contributed by atoms with E-state index in [0.29, 0.717) is 25.1 Å². The van der Waals surface area contributed by atoms with Gasteiger partial charge in [0.05, 0.1) is 28.1 Å². The summed E-state index contributed by atoms with van der Waals surface area (Å²) in [6.45, 7) is 6.52. The molecule has 0 bridgehead atoms. The molecule has 0 saturated carbocycles. The number of aryl methyl sites for hydroxylation is 1. The minimum absolute atomic E-state index is 0.256. The molecule has 1 saturated heterocycles. The van der Waals surface area contributed by atoms with Crippen LogP contribution in [0.2, 0.25) is 5.02 Å². The summed E-state index contributed by atoms with van der Waals surface area (Å²) in [5.74, 6) is -0.261. The molecule has 6 nitrogen and oxygen atoms in total. The number of halogens is 1. The molecule has 3 N–H and O–H groups in total. The molecule has 2 aromatic rings. The fourth-order valence-corrected chi connectivity index (χ4v) is 4.87. The van der Waals surface area contributed by atoms with E-state index in [0.717, 1.165) is 54.4 Å². The predicted molar refractivity (Wildman–Crippen MR) is 134 cm³/mol. The van der Waals surface area contributed by atoms with Crippen molar-refractivity contribution in [3.05, 3.63) is 69.8 Å². The van der Waals surface area contributed by atoms with Crippen LogP contribution in [-0.2, 0) is 11.2 Å². The van der Waals surface area contributed by atoms with Gasteiger partial charge in [0.2, 0.25) is 0 Å². The van der Waals surface area contributed by atoms with E-state index in [1.165, 1.54) is 5.56 Å². The maximum Gasteiger partial charge on any atom is 0.253 e. The van der Waals surface area contributed by atoms with Crippen molar-refractivity contribution in [3.8, 4) is 0 Å². The van der Waals surface area contributed by atoms with Gasteiger partial charge in [-0.2, -0.15) is 0 Å². The molecule has 2 aromatic carbocycles. The third-order valence-electron chi connectivity index (χ3n) is 6.43. The maximum absolute atomic E-state index is 12.5. The lowest BCUT2D eigenvalue weighted by Crippen LogP contribution is -2.49. The van der Waals surface area contributed by atoms with Crippen LogP contribution in [0.5, 0.6) is 0 Å². The Balaban J connectivity index is 1.20. The van der Waals surface area contributed by atoms with Gasteiger partial charge in [0.15, 0.2) is 0 Å². The number of carbonyl (C=O) groups excluding carboxylic acids is 1. The highest BCUT2D eigenvalue weighted by molar-refractivity contribution is 6.34. The summed E-state index contributed by atoms with van der Waals surface area (Å²) in [6, 6.07) is 13.7. The van der Waals surface area contributed by atoms with Crippen LogP contribution in [0.3, 0.4) is 0 Å². The van der Waals surface area contributed by atoms with E-state index in [-0.39, 0.29) is 11.6 Å². The van der Waals surface area contributed by atoms with Gasteiger partial charge in [-0.3, -0.25) is 15.1 Å². The summed E-state index contributed by atoms with van der Waals surface area (Å²) >= 11 is 6.58. The highest BCUT2D eigenvalue weighted by Crippen LogP contribution is 2.30. The quantitative estimate of drug-likeness (QED) is 0.557. The van der Waals surface area contributed by atoms with Gasteiger partial charge in [0.1, 0.15) is 0 Å². The maximum atomic E-state index is 12.5. The lowest BCUT2D eigenvalue weighted by atomic mass is 10.1. The highest BCUT2D eigenvalue weighted by Gasteiger charge is 2.24. The molecule has 1 heterocycles. The second-order valence-corrected chi connectivity index (χ2v) is 8.99. The zero-order valence-electron chi connectivity index (χ0n) is 19.0. The molecule has 0 spiro atoms. The minimum atomic E-state index is -0.516. The number of piperazine rings is 1. The Morgan fingerprint density at radius 1 is 1.15 bits per heavy atom. The number of anilines is 1. The van der Waals surface area contributed by atoms with Crippen LogP contribution < -0.4 is 10.2 Å². The Morgan fingerprint density at radius 2 is 1.91 bits per heavy atom. The van der Waals surface area contributed by atoms with Gasteiger partial charge in [-0.1, -0.05) is 54.9 Å². The summed E-state index contributed by atoms with van der Waals surface area (Å²) in [4.78, 5) is 17.1. The zero-order chi connectivity index (χ0) is 23.4. The fourth-order valence-electron chi connectivity index (χ4n) is 4.49. The first-order valence-electron chi connectivity index (χ1n) is 11.6. The van der Waals surface area contributed by atoms with Gasteiger partial charge in [-0.15, -0.1) is 0 Å². The van der Waals surface area contributed by atoms with Crippen LogP contribution in [0.1, 0.15) is 30.0 Å². The van der Waals surface area contributed by atoms with Gasteiger partial charge in [0, 0.05) is 44.8 Å². The van der Waals surface area contributed by atoms with Gasteiger partial charge in [0.25, 0.3) is 5.91 Å². The molecular formula is C26H31ClN4O2. The molecule has 0 radical (unpaired) electrons. The number of β-amino-alcohol motifs (C(OH)–C–C–N with tert-alkyl or cyclic N) is 1. The normalized spacial score (nSPS) is 17.0. The number of amides is 1. The Kier molecular flexibility index (Phi) is 7.48. The molecule has 1 unspecified atom stereocenters. The highest BCUT2D eigenvalue weighted by atomic mass is 35.5. The Hall–Kier alpha value is -2.67. The standard InChI is InChI=1S/C26H31ClN4O2/c1-2-18-7-5-9-23(24(18)27)31-14-12-30(13-15-31)17-20(32)10-11-29-26(33)22-16-19-6-3-4-8-21(19)25(22)28/h3-9,16,20,28,32H,2,10-15,17H2,1H3,(H,29,33). The molecule has 2 aliphatic rings. The molecule has 1 aliphatic carbocycles. The molecule has 1 fully saturated rings. The van der Waals surface area contributed by atoms with Crippen LogP contribution in [-0.4, -0.2) is 67.0 Å². The fraction of sp³-hybridized carbons (Fsp3) is 0.385. The third-order valence-corrected chi connectivity index (χ3v) is 6.86. The molecule has 7 heteroatoms. The van der Waals surface area contributed by atoms with Crippen molar-refractivity contribution in [2.45, 2.75) is 25.9 Å². The van der Waals surface area contributed by atoms with Crippen molar-refractivity contribution in [2.24, 2.45) is 0 Å². The summed E-state index contributed by atoms with van der Waals surface area (Å²) in [5.41, 5.74) is 4.58. The number of rotatable bonds is 8. The lowest BCUT2D eigenvalue weighted by molar-refractivity contribution is -0.117. The number of nitrogens with zero attached hydrogens (tertiary/aromatic N) is 2. The number of aliphatic hydroxyl groups excluding tert-OH is 1. The average Bonchev–Trinajstić information content (AvgIpc) is 3.16. The second-order valence-electron chi connectivity index (χ2n) is 8.61. The molecule has 174 valence electrons. The minimum Gasteiger partial charge on any atom is -0.392 e. The average molecular weight is 467 g/mol. The summed E-state index contributed by atoms with van der Waals surface area (Å²) < 4.78 is 0. The Labute approximate surface area is 200 Å². The van der Waals surface area contributed by atoms with E-state index in [1.54, 1.807) is 6.08 Å². The van der Waals surface area contributed by atoms with E-state index in [9.17, 15) is 9.90 Å². The van der Waals surface area contributed by atoms with E-state index < -0.39 is 6.10 Å². The first kappa shape index (κ1) is 23.5. The van der Waals surface area contributed by atoms with Crippen molar-refractivity contribution < 1.29 is 9.90 Å². The monoisotopic (exact) mass is 466 g/mol. The van der Waals surface area contributed by atoms with Crippen molar-refractivity contribution in [2.75, 3.05) is 44.2 Å². The van der Waals surface area contributed by atoms with Gasteiger partial charge in [-0.25, -0.2) is 0 Å². The van der Waals surface area contributed by atoms with E-state index in [4.69, 9.17) is 17.0 Å². The van der Waals surface area contributed by atoms with Gasteiger partial charge in [-0.05, 0) is 36.1 Å². The van der Waals surface area contributed by atoms with Crippen LogP contribution in [0, 0.1) is 5.41 Å². The van der Waals surface area contributed by atoms with Crippen LogP contribution in [0.25, 0.3) is 6.08 Å². The molecule has 1 amide bonds. The first-order chi connectivity index (χ1) is 16.0. The smallest absolute Gasteiger partial charge is 0.253 e. The third kappa shape index (κ3) is 5.29. The van der Waals surface area contributed by atoms with Crippen molar-refractivity contribution >= 4 is 35.0 Å². The summed E-state index contributed by atoms with van der Waals surface area (Å²) in [6.07, 6.45) is 2.63. The summed E-state index contributed by atoms with van der Waals surface area (Å²) in [5, 5.41) is 22.4. The van der Waals surface area contributed by atoms with Crippen LogP contribution in [0.4, 0.5) is 5.69 Å². The number of fused-ring (bicyclic) bond motifs is 1. The second kappa shape index (κ2) is 10.5. The van der Waals surface area contributed by atoms with Crippen LogP contribution >= 0.6 is 11.6 Å². The number of hydrogen-bond acceptors (Lipinski definition) is 5. The zero-order valence-corrected chi connectivity index (χ0v) is 19.7. The lowest BCUT2D eigenvalue weighted by Gasteiger charge is -2.37. The largest absolute Gasteiger partial charge is 0.392 e. The number of hydrogen-bond donors (Lipinski definition) is 3. The van der Waals surface area contributed by atoms with E-state index in [2.05, 4.69) is 40.2 Å². The Bertz CT molecular complexity index is 1060. The van der Waals surface area contributed by atoms with Crippen LogP contribution in [0.15, 0.2) is 48.0 Å². The van der Waals surface area contributed by atoms with E-state index >= 15 is 0 Å². The Morgan fingerprint density at radius 3 is 2.64 bits per heavy atom. The molecule has 0 aromatic heterocycles. The topological polar surface area (TPSA) is 79.7 Å². The molecule has 4 rings (SSSR count). The molecule has 1 atom stereocenters. The first-order valence-corrected chi connectivity index (χ1v) is 12.0. The van der Waals surface area contributed by atoms with Gasteiger partial charge < -0.3 is 15.3 Å². The summed E-state index contributed by atoms with van der Waals surface area (Å²) in [7, 11) is 0. The molecule has 33 heavy (non-hydrogen) atoms. The number of nitrogens with one attached hydrogen (secondary N) is 2. The van der Waals surface area contributed by atoms with Gasteiger partial charge >= 0.3 is 0 Å². The van der Waals surface area contributed by atoms with Crippen molar-refractivity contribution in [3.63, 3.8) is 0 Å².